The van der Waals surface area contributed by atoms with Crippen molar-refractivity contribution in [2.45, 2.75) is 59.1 Å². The number of rotatable bonds is 15. The van der Waals surface area contributed by atoms with Gasteiger partial charge in [-0.3, -0.25) is 9.59 Å². The second kappa shape index (κ2) is 14.4. The molecule has 7 nitrogen and oxygen atoms in total. The van der Waals surface area contributed by atoms with Crippen LogP contribution in [0.2, 0.25) is 0 Å². The summed E-state index contributed by atoms with van der Waals surface area (Å²) in [5.74, 6) is -0.336. The van der Waals surface area contributed by atoms with Crippen molar-refractivity contribution in [2.24, 2.45) is 17.1 Å². The van der Waals surface area contributed by atoms with Gasteiger partial charge < -0.3 is 25.8 Å². The van der Waals surface area contributed by atoms with E-state index >= 15 is 0 Å². The highest BCUT2D eigenvalue weighted by Gasteiger charge is 2.48. The van der Waals surface area contributed by atoms with Gasteiger partial charge in [0, 0.05) is 42.5 Å². The van der Waals surface area contributed by atoms with Gasteiger partial charge in [-0.2, -0.15) is 0 Å². The minimum Gasteiger partial charge on any atom is -0.497 e. The molecule has 8 heteroatoms. The Labute approximate surface area is 236 Å². The van der Waals surface area contributed by atoms with Crippen LogP contribution in [0, 0.1) is 11.3 Å². The second-order valence-corrected chi connectivity index (χ2v) is 11.4. The van der Waals surface area contributed by atoms with Crippen LogP contribution in [0.5, 0.6) is 5.75 Å². The van der Waals surface area contributed by atoms with Crippen molar-refractivity contribution < 1.29 is 19.4 Å². The second-order valence-electron chi connectivity index (χ2n) is 10.4. The van der Waals surface area contributed by atoms with Crippen molar-refractivity contribution in [1.82, 2.24) is 10.2 Å². The number of hydrogen-bond donors (Lipinski definition) is 3. The Hall–Kier alpha value is -2.94. The average molecular weight is 554 g/mol. The first-order valence-electron chi connectivity index (χ1n) is 13.8. The van der Waals surface area contributed by atoms with E-state index in [0.717, 1.165) is 34.6 Å². The number of nitrogens with zero attached hydrogens (tertiary/aromatic N) is 1. The van der Waals surface area contributed by atoms with E-state index in [1.165, 1.54) is 0 Å². The van der Waals surface area contributed by atoms with E-state index in [2.05, 4.69) is 19.2 Å². The number of aliphatic hydroxyl groups excluding tert-OH is 1. The van der Waals surface area contributed by atoms with E-state index in [1.807, 2.05) is 65.8 Å². The normalized spacial score (nSPS) is 18.6. The lowest BCUT2D eigenvalue weighted by Gasteiger charge is -2.41. The molecule has 0 saturated carbocycles. The molecule has 0 bridgehead atoms. The fourth-order valence-electron chi connectivity index (χ4n) is 5.51. The van der Waals surface area contributed by atoms with Gasteiger partial charge in [0.15, 0.2) is 0 Å². The molecule has 1 heterocycles. The molecule has 3 atom stereocenters. The molecule has 0 fully saturated rings. The van der Waals surface area contributed by atoms with Crippen LogP contribution >= 0.6 is 11.3 Å². The third-order valence-electron chi connectivity index (χ3n) is 7.32. The van der Waals surface area contributed by atoms with E-state index in [4.69, 9.17) is 10.5 Å². The Morgan fingerprint density at radius 2 is 1.95 bits per heavy atom. The summed E-state index contributed by atoms with van der Waals surface area (Å²) in [5, 5.41) is 16.9. The fraction of sp³-hybridized carbons (Fsp3) is 0.484. The van der Waals surface area contributed by atoms with Crippen LogP contribution in [-0.2, 0) is 22.6 Å². The van der Waals surface area contributed by atoms with Crippen molar-refractivity contribution in [1.29, 1.82) is 0 Å². The number of carbonyl (C=O) groups is 2. The van der Waals surface area contributed by atoms with Crippen LogP contribution < -0.4 is 15.8 Å². The van der Waals surface area contributed by atoms with Crippen molar-refractivity contribution in [3.8, 4) is 5.75 Å². The molecule has 1 aliphatic carbocycles. The van der Waals surface area contributed by atoms with E-state index in [-0.39, 0.29) is 18.9 Å². The third kappa shape index (κ3) is 7.81. The van der Waals surface area contributed by atoms with Crippen molar-refractivity contribution in [2.75, 3.05) is 26.7 Å². The van der Waals surface area contributed by atoms with E-state index < -0.39 is 23.3 Å². The molecule has 1 unspecified atom stereocenters. The molecule has 39 heavy (non-hydrogen) atoms. The summed E-state index contributed by atoms with van der Waals surface area (Å²) >= 11 is 1.59. The predicted octanol–water partition coefficient (Wildman–Crippen LogP) is 4.46. The van der Waals surface area contributed by atoms with Gasteiger partial charge in [-0.25, -0.2) is 0 Å². The first kappa shape index (κ1) is 30.6. The molecule has 1 aliphatic rings. The number of carbonyl (C=O) groups excluding carboxylic acids is 2. The van der Waals surface area contributed by atoms with Crippen LogP contribution in [0.4, 0.5) is 0 Å². The fourth-order valence-corrected chi connectivity index (χ4v) is 6.28. The van der Waals surface area contributed by atoms with Crippen molar-refractivity contribution in [3.63, 3.8) is 0 Å². The monoisotopic (exact) mass is 553 g/mol. The Kier molecular flexibility index (Phi) is 11.3. The molecule has 1 aromatic carbocycles. The summed E-state index contributed by atoms with van der Waals surface area (Å²) in [6.07, 6.45) is 5.22. The number of benzene rings is 1. The Morgan fingerprint density at radius 1 is 1.21 bits per heavy atom. The summed E-state index contributed by atoms with van der Waals surface area (Å²) in [7, 11) is 1.63. The zero-order chi connectivity index (χ0) is 28.4. The number of amides is 2. The first-order valence-corrected chi connectivity index (χ1v) is 14.6. The van der Waals surface area contributed by atoms with Gasteiger partial charge in [-0.15, -0.1) is 11.3 Å². The quantitative estimate of drug-likeness (QED) is 0.302. The largest absolute Gasteiger partial charge is 0.497 e. The highest BCUT2D eigenvalue weighted by Crippen LogP contribution is 2.44. The molecule has 1 aromatic heterocycles. The smallest absolute Gasteiger partial charge is 0.249 e. The van der Waals surface area contributed by atoms with Gasteiger partial charge in [0.05, 0.1) is 18.6 Å². The number of methoxy groups -OCH3 is 1. The number of allylic oxidation sites excluding steroid dienone is 2. The van der Waals surface area contributed by atoms with E-state index in [1.54, 1.807) is 18.4 Å². The lowest BCUT2D eigenvalue weighted by molar-refractivity contribution is -0.132. The minimum atomic E-state index is -1.20. The van der Waals surface area contributed by atoms with Gasteiger partial charge >= 0.3 is 0 Å². The average Bonchev–Trinajstić information content (AvgIpc) is 3.44. The lowest BCUT2D eigenvalue weighted by atomic mass is 9.64. The van der Waals surface area contributed by atoms with Gasteiger partial charge in [0.1, 0.15) is 5.75 Å². The SMILES string of the molecule is CCCN(CCC)C(=O)C1=CC(C)=CC(C(N)=O)([C@H](Cc2cccs2)[C@@H](O)CNCc2cccc(OC)c2)C1. The molecule has 0 aliphatic heterocycles. The van der Waals surface area contributed by atoms with Crippen molar-refractivity contribution >= 4 is 23.2 Å². The number of thiophene rings is 1. The molecule has 0 radical (unpaired) electrons. The van der Waals surface area contributed by atoms with Crippen LogP contribution in [0.1, 0.15) is 50.5 Å². The van der Waals surface area contributed by atoms with Crippen LogP contribution in [-0.4, -0.2) is 54.7 Å². The minimum absolute atomic E-state index is 0.0581. The number of nitrogens with one attached hydrogen (secondary N) is 1. The number of hydrogen-bond acceptors (Lipinski definition) is 6. The summed E-state index contributed by atoms with van der Waals surface area (Å²) in [6, 6.07) is 11.7. The van der Waals surface area contributed by atoms with Crippen LogP contribution in [0.15, 0.2) is 65.1 Å². The zero-order valence-corrected chi connectivity index (χ0v) is 24.4. The van der Waals surface area contributed by atoms with E-state index in [9.17, 15) is 14.7 Å². The van der Waals surface area contributed by atoms with Gasteiger partial charge in [0.25, 0.3) is 0 Å². The molecule has 3 rings (SSSR count). The number of aliphatic hydroxyl groups is 1. The topological polar surface area (TPSA) is 105 Å². The predicted molar refractivity (Wildman–Crippen MR) is 157 cm³/mol. The highest BCUT2D eigenvalue weighted by atomic mass is 32.1. The molecule has 2 aromatic rings. The molecule has 212 valence electrons. The van der Waals surface area contributed by atoms with Gasteiger partial charge in [0.2, 0.25) is 11.8 Å². The molecule has 0 saturated heterocycles. The third-order valence-corrected chi connectivity index (χ3v) is 8.22. The van der Waals surface area contributed by atoms with Crippen LogP contribution in [0.3, 0.4) is 0 Å². The molecular weight excluding hydrogens is 510 g/mol. The maximum atomic E-state index is 13.6. The highest BCUT2D eigenvalue weighted by molar-refractivity contribution is 7.09. The standard InChI is InChI=1S/C31H43N3O4S/c1-5-12-34(13-6-2)29(36)24-15-22(3)18-31(19-24,30(32)37)27(17-26-11-8-14-39-26)28(35)21-33-20-23-9-7-10-25(16-23)38-4/h7-11,14-16,18,27-28,33,35H,5-6,12-13,17,19-21H2,1-4H3,(H2,32,37)/t27-,28+,31?/m1/s1. The molecule has 0 spiro atoms. The van der Waals surface area contributed by atoms with E-state index in [0.29, 0.717) is 31.6 Å². The van der Waals surface area contributed by atoms with Crippen molar-refractivity contribution in [3.05, 3.63) is 75.5 Å². The number of nitrogens with two attached hydrogens (primary N) is 1. The molecule has 2 amide bonds. The number of ether oxygens (including phenoxy) is 1. The Balaban J connectivity index is 1.89. The number of primary amides is 1. The first-order chi connectivity index (χ1) is 18.7. The van der Waals surface area contributed by atoms with Crippen LogP contribution in [0.25, 0.3) is 0 Å². The zero-order valence-electron chi connectivity index (χ0n) is 23.6. The lowest BCUT2D eigenvalue weighted by Crippen LogP contribution is -2.51. The van der Waals surface area contributed by atoms with Gasteiger partial charge in [-0.1, -0.05) is 49.8 Å². The Morgan fingerprint density at radius 3 is 2.56 bits per heavy atom. The maximum Gasteiger partial charge on any atom is 0.249 e. The summed E-state index contributed by atoms with van der Waals surface area (Å²) in [4.78, 5) is 29.9. The molecule has 4 N–H and O–H groups in total. The summed E-state index contributed by atoms with van der Waals surface area (Å²) < 4.78 is 5.31. The Bertz CT molecular complexity index is 1150. The van der Waals surface area contributed by atoms with Gasteiger partial charge in [-0.05, 0) is 61.7 Å². The summed E-state index contributed by atoms with van der Waals surface area (Å²) in [6.45, 7) is 8.11. The molecular formula is C31H43N3O4S. The summed E-state index contributed by atoms with van der Waals surface area (Å²) in [5.41, 5.74) is 7.37. The maximum absolute atomic E-state index is 13.6.